The van der Waals surface area contributed by atoms with Crippen LogP contribution < -0.4 is 0 Å². The van der Waals surface area contributed by atoms with Crippen molar-refractivity contribution in [2.45, 2.75) is 20.3 Å². The number of rotatable bonds is 4. The molecule has 2 heteroatoms. The fourth-order valence-corrected chi connectivity index (χ4v) is 2.28. The van der Waals surface area contributed by atoms with Gasteiger partial charge in [-0.25, -0.2) is 0 Å². The topological polar surface area (TPSA) is 27.1 Å². The van der Waals surface area contributed by atoms with Crippen LogP contribution in [0.25, 0.3) is 11.1 Å². The molecule has 0 aliphatic carbocycles. The van der Waals surface area contributed by atoms with Crippen molar-refractivity contribution in [2.75, 3.05) is 7.05 Å². The van der Waals surface area contributed by atoms with E-state index in [1.54, 1.807) is 6.92 Å². The predicted molar refractivity (Wildman–Crippen MR) is 90.6 cm³/mol. The van der Waals surface area contributed by atoms with Gasteiger partial charge in [-0.15, -0.1) is 0 Å². The maximum Gasteiger partial charge on any atom is 0.0965 e. The molecule has 2 aromatic rings. The zero-order chi connectivity index (χ0) is 15.4. The van der Waals surface area contributed by atoms with E-state index in [-0.39, 0.29) is 0 Å². The molecule has 2 aromatic carbocycles. The summed E-state index contributed by atoms with van der Waals surface area (Å²) in [4.78, 5) is 1.82. The van der Waals surface area contributed by atoms with Gasteiger partial charge >= 0.3 is 0 Å². The highest BCUT2D eigenvalue weighted by atomic mass is 15.1. The number of hydrogen-bond acceptors (Lipinski definition) is 1. The van der Waals surface area contributed by atoms with E-state index in [4.69, 9.17) is 5.41 Å². The number of nitrogens with one attached hydrogen (secondary N) is 1. The molecule has 0 aliphatic rings. The SMILES string of the molecule is C=C(Cc1cccc(-c2cccc(C)c2)c1)N(C)C(C)=N. The second-order valence-corrected chi connectivity index (χ2v) is 5.46. The van der Waals surface area contributed by atoms with Gasteiger partial charge in [0.2, 0.25) is 0 Å². The average Bonchev–Trinajstić information content (AvgIpc) is 2.46. The van der Waals surface area contributed by atoms with Crippen LogP contribution in [0.1, 0.15) is 18.1 Å². The van der Waals surface area contributed by atoms with Gasteiger partial charge in [-0.05, 0) is 30.5 Å². The van der Waals surface area contributed by atoms with Gasteiger partial charge in [0, 0.05) is 19.2 Å². The van der Waals surface area contributed by atoms with E-state index in [1.165, 1.54) is 22.3 Å². The van der Waals surface area contributed by atoms with Crippen LogP contribution in [0, 0.1) is 12.3 Å². The quantitative estimate of drug-likeness (QED) is 0.640. The van der Waals surface area contributed by atoms with Gasteiger partial charge in [0.25, 0.3) is 0 Å². The van der Waals surface area contributed by atoms with Crippen molar-refractivity contribution < 1.29 is 0 Å². The fourth-order valence-electron chi connectivity index (χ4n) is 2.28. The van der Waals surface area contributed by atoms with Crippen molar-refractivity contribution >= 4 is 5.84 Å². The van der Waals surface area contributed by atoms with Crippen LogP contribution in [0.4, 0.5) is 0 Å². The molecular formula is C19H22N2. The second kappa shape index (κ2) is 6.40. The minimum absolute atomic E-state index is 0.509. The van der Waals surface area contributed by atoms with Crippen LogP contribution in [0.3, 0.4) is 0 Å². The summed E-state index contributed by atoms with van der Waals surface area (Å²) in [5.41, 5.74) is 5.87. The third-order valence-electron chi connectivity index (χ3n) is 3.66. The Morgan fingerprint density at radius 2 is 1.71 bits per heavy atom. The maximum atomic E-state index is 7.66. The van der Waals surface area contributed by atoms with Gasteiger partial charge in [0.05, 0.1) is 5.84 Å². The molecule has 2 nitrogen and oxygen atoms in total. The highest BCUT2D eigenvalue weighted by Gasteiger charge is 2.06. The van der Waals surface area contributed by atoms with Gasteiger partial charge in [-0.1, -0.05) is 60.7 Å². The second-order valence-electron chi connectivity index (χ2n) is 5.46. The molecule has 0 aromatic heterocycles. The molecule has 108 valence electrons. The predicted octanol–water partition coefficient (Wildman–Crippen LogP) is 4.65. The van der Waals surface area contributed by atoms with E-state index in [0.717, 1.165) is 12.1 Å². The van der Waals surface area contributed by atoms with Gasteiger partial charge in [-0.3, -0.25) is 5.41 Å². The Kier molecular flexibility index (Phi) is 4.59. The number of hydrogen-bond donors (Lipinski definition) is 1. The summed E-state index contributed by atoms with van der Waals surface area (Å²) in [5.74, 6) is 0.509. The first-order valence-electron chi connectivity index (χ1n) is 7.10. The minimum atomic E-state index is 0.509. The lowest BCUT2D eigenvalue weighted by atomic mass is 10.00. The zero-order valence-corrected chi connectivity index (χ0v) is 13.0. The van der Waals surface area contributed by atoms with Crippen molar-refractivity contribution in [3.8, 4) is 11.1 Å². The summed E-state index contributed by atoms with van der Waals surface area (Å²) >= 11 is 0. The molecule has 21 heavy (non-hydrogen) atoms. The van der Waals surface area contributed by atoms with Gasteiger partial charge < -0.3 is 4.90 Å². The average molecular weight is 278 g/mol. The van der Waals surface area contributed by atoms with E-state index in [2.05, 4.69) is 62.0 Å². The summed E-state index contributed by atoms with van der Waals surface area (Å²) < 4.78 is 0. The van der Waals surface area contributed by atoms with Crippen molar-refractivity contribution in [3.63, 3.8) is 0 Å². The smallest absolute Gasteiger partial charge is 0.0965 e. The summed E-state index contributed by atoms with van der Waals surface area (Å²) in [7, 11) is 1.88. The first kappa shape index (κ1) is 15.0. The number of allylic oxidation sites excluding steroid dienone is 1. The Bertz CT molecular complexity index is 671. The minimum Gasteiger partial charge on any atom is -0.338 e. The van der Waals surface area contributed by atoms with Crippen LogP contribution in [0.15, 0.2) is 60.8 Å². The Labute approximate surface area is 127 Å². The van der Waals surface area contributed by atoms with Gasteiger partial charge in [0.1, 0.15) is 0 Å². The normalized spacial score (nSPS) is 10.2. The van der Waals surface area contributed by atoms with E-state index in [1.807, 2.05) is 11.9 Å². The third-order valence-corrected chi connectivity index (χ3v) is 3.66. The number of likely N-dealkylation sites (N-methyl/N-ethyl adjacent to an activating group) is 1. The molecule has 0 amide bonds. The Balaban J connectivity index is 2.22. The van der Waals surface area contributed by atoms with Crippen LogP contribution in [-0.2, 0) is 6.42 Å². The first-order chi connectivity index (χ1) is 9.97. The summed E-state index contributed by atoms with van der Waals surface area (Å²) in [5, 5.41) is 7.66. The molecule has 0 spiro atoms. The van der Waals surface area contributed by atoms with E-state index in [0.29, 0.717) is 5.84 Å². The standard InChI is InChI=1S/C19H22N2/c1-14-7-5-9-18(11-14)19-10-6-8-17(13-19)12-15(2)21(4)16(3)20/h5-11,13,20H,2,12H2,1,3-4H3. The van der Waals surface area contributed by atoms with E-state index >= 15 is 0 Å². The lowest BCUT2D eigenvalue weighted by molar-refractivity contribution is 0.600. The molecule has 0 unspecified atom stereocenters. The lowest BCUT2D eigenvalue weighted by Crippen LogP contribution is -2.23. The summed E-state index contributed by atoms with van der Waals surface area (Å²) in [6, 6.07) is 17.0. The van der Waals surface area contributed by atoms with Crippen LogP contribution in [-0.4, -0.2) is 17.8 Å². The fraction of sp³-hybridized carbons (Fsp3) is 0.211. The van der Waals surface area contributed by atoms with Gasteiger partial charge in [0.15, 0.2) is 0 Å². The molecule has 2 rings (SSSR count). The van der Waals surface area contributed by atoms with Crippen LogP contribution in [0.5, 0.6) is 0 Å². The third kappa shape index (κ3) is 3.82. The Morgan fingerprint density at radius 1 is 1.10 bits per heavy atom. The monoisotopic (exact) mass is 278 g/mol. The van der Waals surface area contributed by atoms with Crippen molar-refractivity contribution in [2.24, 2.45) is 0 Å². The molecule has 0 fully saturated rings. The molecular weight excluding hydrogens is 256 g/mol. The molecule has 0 heterocycles. The number of nitrogens with zero attached hydrogens (tertiary/aromatic N) is 1. The van der Waals surface area contributed by atoms with Crippen LogP contribution >= 0.6 is 0 Å². The van der Waals surface area contributed by atoms with Crippen LogP contribution in [0.2, 0.25) is 0 Å². The zero-order valence-electron chi connectivity index (χ0n) is 13.0. The van der Waals surface area contributed by atoms with Crippen molar-refractivity contribution in [3.05, 3.63) is 71.9 Å². The highest BCUT2D eigenvalue weighted by molar-refractivity contribution is 5.77. The molecule has 0 radical (unpaired) electrons. The number of benzene rings is 2. The largest absolute Gasteiger partial charge is 0.338 e. The van der Waals surface area contributed by atoms with E-state index in [9.17, 15) is 0 Å². The molecule has 0 saturated heterocycles. The molecule has 0 atom stereocenters. The Morgan fingerprint density at radius 3 is 2.33 bits per heavy atom. The summed E-state index contributed by atoms with van der Waals surface area (Å²) in [6.07, 6.45) is 0.756. The highest BCUT2D eigenvalue weighted by Crippen LogP contribution is 2.22. The molecule has 0 aliphatic heterocycles. The molecule has 0 bridgehead atoms. The molecule has 1 N–H and O–H groups in total. The first-order valence-corrected chi connectivity index (χ1v) is 7.10. The maximum absolute atomic E-state index is 7.66. The number of aryl methyl sites for hydroxylation is 1. The van der Waals surface area contributed by atoms with Crippen molar-refractivity contribution in [1.29, 1.82) is 5.41 Å². The van der Waals surface area contributed by atoms with Crippen molar-refractivity contribution in [1.82, 2.24) is 4.90 Å². The molecule has 0 saturated carbocycles. The lowest BCUT2D eigenvalue weighted by Gasteiger charge is -2.20. The summed E-state index contributed by atoms with van der Waals surface area (Å²) in [6.45, 7) is 7.95. The number of amidine groups is 1. The van der Waals surface area contributed by atoms with Gasteiger partial charge in [-0.2, -0.15) is 0 Å². The Hall–Kier alpha value is -2.35. The van der Waals surface area contributed by atoms with E-state index < -0.39 is 0 Å².